The summed E-state index contributed by atoms with van der Waals surface area (Å²) < 4.78 is 0.631. The second kappa shape index (κ2) is 7.94. The molecular weight excluding hydrogens is 392 g/mol. The molecule has 0 bridgehead atoms. The van der Waals surface area contributed by atoms with Gasteiger partial charge in [-0.3, -0.25) is 9.59 Å². The minimum absolute atomic E-state index is 0.0397. The van der Waals surface area contributed by atoms with Gasteiger partial charge in [-0.05, 0) is 25.3 Å². The van der Waals surface area contributed by atoms with Crippen LogP contribution in [0, 0.1) is 0 Å². The van der Waals surface area contributed by atoms with E-state index >= 15 is 0 Å². The molecule has 1 atom stereocenters. The fourth-order valence-electron chi connectivity index (χ4n) is 3.34. The van der Waals surface area contributed by atoms with Crippen molar-refractivity contribution < 1.29 is 9.59 Å². The van der Waals surface area contributed by atoms with E-state index < -0.39 is 5.54 Å². The van der Waals surface area contributed by atoms with E-state index in [0.29, 0.717) is 32.9 Å². The number of Topliss-reactive ketones (excluding diaryl/α,β-unsaturated/α-hetero) is 1. The summed E-state index contributed by atoms with van der Waals surface area (Å²) in [5.74, 6) is 0.0433. The van der Waals surface area contributed by atoms with E-state index in [2.05, 4.69) is 10.2 Å². The molecule has 2 N–H and O–H groups in total. The zero-order valence-corrected chi connectivity index (χ0v) is 16.7. The Hall–Kier alpha value is -1.64. The van der Waals surface area contributed by atoms with E-state index in [9.17, 15) is 9.59 Å². The number of carbonyl (C=O) groups excluding carboxylic acids is 2. The van der Waals surface area contributed by atoms with Crippen molar-refractivity contribution in [2.45, 2.75) is 35.6 Å². The number of rotatable bonds is 5. The Morgan fingerprint density at radius 3 is 2.81 bits per heavy atom. The van der Waals surface area contributed by atoms with Crippen LogP contribution in [0.2, 0.25) is 5.02 Å². The van der Waals surface area contributed by atoms with Crippen molar-refractivity contribution in [3.05, 3.63) is 34.9 Å². The summed E-state index contributed by atoms with van der Waals surface area (Å²) in [4.78, 5) is 27.5. The van der Waals surface area contributed by atoms with Gasteiger partial charge in [-0.2, -0.15) is 0 Å². The van der Waals surface area contributed by atoms with Gasteiger partial charge in [-0.25, -0.2) is 0 Å². The Balaban J connectivity index is 1.87. The highest BCUT2D eigenvalue weighted by Crippen LogP contribution is 2.42. The van der Waals surface area contributed by atoms with Crippen molar-refractivity contribution >= 4 is 51.5 Å². The number of hydrogen-bond acceptors (Lipinski definition) is 7. The van der Waals surface area contributed by atoms with Crippen LogP contribution in [0.5, 0.6) is 0 Å². The third-order valence-corrected chi connectivity index (χ3v) is 6.86. The predicted octanol–water partition coefficient (Wildman–Crippen LogP) is 3.36. The lowest BCUT2D eigenvalue weighted by Gasteiger charge is -2.44. The number of halogens is 1. The summed E-state index contributed by atoms with van der Waals surface area (Å²) in [6.07, 6.45) is 2.73. The molecular formula is C17H19ClN4O2S2. The van der Waals surface area contributed by atoms with E-state index in [1.807, 2.05) is 18.2 Å². The Kier molecular flexibility index (Phi) is 5.84. The van der Waals surface area contributed by atoms with Gasteiger partial charge < -0.3 is 10.6 Å². The van der Waals surface area contributed by atoms with E-state index in [-0.39, 0.29) is 17.4 Å². The second-order valence-corrected chi connectivity index (χ2v) is 8.76. The van der Waals surface area contributed by atoms with Gasteiger partial charge in [-0.15, -0.1) is 10.2 Å². The highest BCUT2D eigenvalue weighted by molar-refractivity contribution is 8.01. The third-order valence-electron chi connectivity index (χ3n) is 4.66. The number of aromatic nitrogens is 2. The fourth-order valence-corrected chi connectivity index (χ4v) is 5.18. The van der Waals surface area contributed by atoms with Crippen molar-refractivity contribution in [1.29, 1.82) is 0 Å². The van der Waals surface area contributed by atoms with Crippen LogP contribution >= 0.6 is 34.7 Å². The van der Waals surface area contributed by atoms with Gasteiger partial charge in [0.1, 0.15) is 5.54 Å². The molecule has 6 nitrogen and oxygen atoms in total. The van der Waals surface area contributed by atoms with Crippen LogP contribution in [-0.2, 0) is 15.1 Å². The summed E-state index contributed by atoms with van der Waals surface area (Å²) in [7, 11) is 1.68. The van der Waals surface area contributed by atoms with E-state index in [4.69, 9.17) is 17.3 Å². The summed E-state index contributed by atoms with van der Waals surface area (Å²) in [5, 5.41) is 8.53. The summed E-state index contributed by atoms with van der Waals surface area (Å²) in [5.41, 5.74) is 5.27. The number of hydrogen-bond donors (Lipinski definition) is 1. The van der Waals surface area contributed by atoms with Crippen molar-refractivity contribution in [3.63, 3.8) is 0 Å². The van der Waals surface area contributed by atoms with E-state index in [0.717, 1.165) is 12.8 Å². The monoisotopic (exact) mass is 410 g/mol. The number of nitrogen functional groups attached to an aromatic ring is 1. The zero-order valence-electron chi connectivity index (χ0n) is 14.3. The van der Waals surface area contributed by atoms with Crippen molar-refractivity contribution in [2.75, 3.05) is 18.5 Å². The van der Waals surface area contributed by atoms with Crippen LogP contribution < -0.4 is 5.73 Å². The van der Waals surface area contributed by atoms with Crippen LogP contribution in [0.1, 0.15) is 31.2 Å². The number of thioether (sulfide) groups is 1. The molecule has 0 aliphatic heterocycles. The van der Waals surface area contributed by atoms with Crippen molar-refractivity contribution in [3.8, 4) is 0 Å². The number of likely N-dealkylation sites (N-methyl/N-ethyl adjacent to an activating group) is 1. The maximum Gasteiger partial charge on any atom is 0.233 e. The standard InChI is InChI=1S/C17H19ClN4O2S2/c1-22(14(24)10-25-16-21-20-15(19)26-16)17(9-5-4-8-13(17)23)11-6-2-3-7-12(11)18/h2-3,6-7H,4-5,8-10H2,1H3,(H2,19,20)/t17-/m1/s1. The van der Waals surface area contributed by atoms with Gasteiger partial charge in [0.05, 0.1) is 5.75 Å². The number of benzene rings is 1. The molecule has 1 fully saturated rings. The Morgan fingerprint density at radius 2 is 2.15 bits per heavy atom. The third kappa shape index (κ3) is 3.58. The minimum atomic E-state index is -1.01. The highest BCUT2D eigenvalue weighted by atomic mass is 35.5. The molecule has 0 saturated heterocycles. The molecule has 1 heterocycles. The first-order chi connectivity index (χ1) is 12.4. The molecule has 26 heavy (non-hydrogen) atoms. The summed E-state index contributed by atoms with van der Waals surface area (Å²) in [6, 6.07) is 7.28. The molecule has 1 aliphatic carbocycles. The first-order valence-electron chi connectivity index (χ1n) is 8.22. The molecule has 1 amide bonds. The Labute approximate surface area is 165 Å². The number of ketones is 1. The number of nitrogens with two attached hydrogens (primary N) is 1. The first kappa shape index (κ1) is 19.1. The average molecular weight is 411 g/mol. The van der Waals surface area contributed by atoms with Gasteiger partial charge in [-0.1, -0.05) is 52.9 Å². The summed E-state index contributed by atoms with van der Waals surface area (Å²) in [6.45, 7) is 0. The Morgan fingerprint density at radius 1 is 1.38 bits per heavy atom. The van der Waals surface area contributed by atoms with Crippen LogP contribution in [0.4, 0.5) is 5.13 Å². The summed E-state index contributed by atoms with van der Waals surface area (Å²) >= 11 is 8.92. The van der Waals surface area contributed by atoms with Crippen LogP contribution in [0.3, 0.4) is 0 Å². The molecule has 2 aromatic rings. The molecule has 3 rings (SSSR count). The van der Waals surface area contributed by atoms with Crippen molar-refractivity contribution in [1.82, 2.24) is 15.1 Å². The molecule has 9 heteroatoms. The quantitative estimate of drug-likeness (QED) is 0.760. The molecule has 1 aliphatic rings. The van der Waals surface area contributed by atoms with Gasteiger partial charge in [0.25, 0.3) is 0 Å². The van der Waals surface area contributed by atoms with Gasteiger partial charge in [0.2, 0.25) is 11.0 Å². The van der Waals surface area contributed by atoms with Gasteiger partial charge in [0.15, 0.2) is 10.1 Å². The molecule has 0 spiro atoms. The molecule has 0 unspecified atom stereocenters. The molecule has 138 valence electrons. The smallest absolute Gasteiger partial charge is 0.233 e. The molecule has 1 saturated carbocycles. The van der Waals surface area contributed by atoms with Crippen LogP contribution in [-0.4, -0.2) is 39.6 Å². The van der Waals surface area contributed by atoms with Gasteiger partial charge in [0, 0.05) is 24.1 Å². The zero-order chi connectivity index (χ0) is 18.7. The lowest BCUT2D eigenvalue weighted by molar-refractivity contribution is -0.146. The Bertz CT molecular complexity index is 829. The van der Waals surface area contributed by atoms with Crippen molar-refractivity contribution in [2.24, 2.45) is 0 Å². The van der Waals surface area contributed by atoms with Crippen LogP contribution in [0.15, 0.2) is 28.6 Å². The predicted molar refractivity (Wildman–Crippen MR) is 104 cm³/mol. The normalized spacial score (nSPS) is 20.2. The first-order valence-corrected chi connectivity index (χ1v) is 10.4. The topological polar surface area (TPSA) is 89.2 Å². The number of amides is 1. The minimum Gasteiger partial charge on any atom is -0.374 e. The lowest BCUT2D eigenvalue weighted by atomic mass is 9.74. The molecule has 0 radical (unpaired) electrons. The van der Waals surface area contributed by atoms with E-state index in [1.165, 1.54) is 23.1 Å². The number of carbonyl (C=O) groups is 2. The molecule has 1 aromatic heterocycles. The highest BCUT2D eigenvalue weighted by Gasteiger charge is 2.47. The number of nitrogens with zero attached hydrogens (tertiary/aromatic N) is 3. The second-order valence-electron chi connectivity index (χ2n) is 6.12. The fraction of sp³-hybridized carbons (Fsp3) is 0.412. The maximum absolute atomic E-state index is 13.0. The lowest BCUT2D eigenvalue weighted by Crippen LogP contribution is -2.54. The largest absolute Gasteiger partial charge is 0.374 e. The maximum atomic E-state index is 13.0. The van der Waals surface area contributed by atoms with Gasteiger partial charge >= 0.3 is 0 Å². The molecule has 1 aromatic carbocycles. The average Bonchev–Trinajstić information content (AvgIpc) is 3.06. The SMILES string of the molecule is CN(C(=O)CSc1nnc(N)s1)[C@@]1(c2ccccc2Cl)CCCCC1=O. The van der Waals surface area contributed by atoms with E-state index in [1.54, 1.807) is 18.0 Å². The number of anilines is 1. The van der Waals surface area contributed by atoms with Crippen LogP contribution in [0.25, 0.3) is 0 Å².